The van der Waals surface area contributed by atoms with Crippen molar-refractivity contribution >= 4 is 28.9 Å². The van der Waals surface area contributed by atoms with Crippen LogP contribution in [0.1, 0.15) is 25.3 Å². The number of rotatable bonds is 5. The summed E-state index contributed by atoms with van der Waals surface area (Å²) in [6.45, 7) is 4.59. The predicted molar refractivity (Wildman–Crippen MR) is 101 cm³/mol. The van der Waals surface area contributed by atoms with Crippen molar-refractivity contribution in [3.63, 3.8) is 0 Å². The Labute approximate surface area is 148 Å². The van der Waals surface area contributed by atoms with Gasteiger partial charge in [0.05, 0.1) is 0 Å². The molecule has 1 fully saturated rings. The number of carbonyl (C=O) groups excluding carboxylic acids is 2. The van der Waals surface area contributed by atoms with E-state index >= 15 is 0 Å². The number of hydrogen-bond donors (Lipinski definition) is 2. The van der Waals surface area contributed by atoms with Gasteiger partial charge in [0.1, 0.15) is 6.04 Å². The molecule has 0 radical (unpaired) electrons. The molecule has 0 aliphatic carbocycles. The molecular formula is C20H23N3O2. The number of nitrogens with zero attached hydrogens (tertiary/aromatic N) is 1. The summed E-state index contributed by atoms with van der Waals surface area (Å²) in [6, 6.07) is 15.0. The normalized spacial score (nSPS) is 15.1. The third-order valence-electron chi connectivity index (χ3n) is 4.31. The first kappa shape index (κ1) is 17.0. The Morgan fingerprint density at radius 3 is 2.52 bits per heavy atom. The summed E-state index contributed by atoms with van der Waals surface area (Å²) in [5, 5.41) is 6.10. The molecule has 2 amide bonds. The van der Waals surface area contributed by atoms with Gasteiger partial charge in [0.25, 0.3) is 0 Å². The van der Waals surface area contributed by atoms with Crippen LogP contribution in [0.15, 0.2) is 48.5 Å². The summed E-state index contributed by atoms with van der Waals surface area (Å²) in [5.74, 6) is 0.0796. The van der Waals surface area contributed by atoms with E-state index in [9.17, 15) is 9.59 Å². The second-order valence-electron chi connectivity index (χ2n) is 6.42. The number of anilines is 3. The fourth-order valence-corrected chi connectivity index (χ4v) is 2.95. The molecule has 0 bridgehead atoms. The van der Waals surface area contributed by atoms with Crippen molar-refractivity contribution in [2.24, 2.45) is 0 Å². The zero-order valence-corrected chi connectivity index (χ0v) is 14.6. The van der Waals surface area contributed by atoms with E-state index in [1.807, 2.05) is 62.4 Å². The maximum atomic E-state index is 12.3. The first-order valence-corrected chi connectivity index (χ1v) is 8.57. The van der Waals surface area contributed by atoms with Crippen LogP contribution < -0.4 is 15.5 Å². The number of amides is 2. The number of hydrogen-bond acceptors (Lipinski definition) is 3. The third-order valence-corrected chi connectivity index (χ3v) is 4.31. The van der Waals surface area contributed by atoms with Crippen LogP contribution >= 0.6 is 0 Å². The summed E-state index contributed by atoms with van der Waals surface area (Å²) >= 11 is 0. The molecule has 2 aromatic carbocycles. The van der Waals surface area contributed by atoms with E-state index in [-0.39, 0.29) is 17.9 Å². The fourth-order valence-electron chi connectivity index (χ4n) is 2.95. The van der Waals surface area contributed by atoms with Gasteiger partial charge in [-0.1, -0.05) is 12.1 Å². The van der Waals surface area contributed by atoms with Gasteiger partial charge in [0.2, 0.25) is 11.8 Å². The van der Waals surface area contributed by atoms with Crippen molar-refractivity contribution in [2.45, 2.75) is 32.7 Å². The summed E-state index contributed by atoms with van der Waals surface area (Å²) in [4.78, 5) is 25.9. The molecule has 1 saturated heterocycles. The zero-order chi connectivity index (χ0) is 17.8. The summed E-state index contributed by atoms with van der Waals surface area (Å²) in [7, 11) is 0. The van der Waals surface area contributed by atoms with Gasteiger partial charge in [0, 0.05) is 30.0 Å². The number of carbonyl (C=O) groups is 2. The molecule has 5 heteroatoms. The second kappa shape index (κ2) is 7.38. The SMILES string of the molecule is Cc1cccc(NC(=O)[C@@H](C)Nc2ccc(N3CCCC3=O)cc2)c1. The van der Waals surface area contributed by atoms with Crippen molar-refractivity contribution in [3.8, 4) is 0 Å². The van der Waals surface area contributed by atoms with Gasteiger partial charge in [-0.05, 0) is 62.2 Å². The summed E-state index contributed by atoms with van der Waals surface area (Å²) < 4.78 is 0. The maximum Gasteiger partial charge on any atom is 0.246 e. The lowest BCUT2D eigenvalue weighted by molar-refractivity contribution is -0.117. The second-order valence-corrected chi connectivity index (χ2v) is 6.42. The van der Waals surface area contributed by atoms with E-state index in [1.165, 1.54) is 0 Å². The summed E-state index contributed by atoms with van der Waals surface area (Å²) in [5.41, 5.74) is 3.65. The molecule has 0 saturated carbocycles. The standard InChI is InChI=1S/C20H23N3O2/c1-14-5-3-6-17(13-14)22-20(25)15(2)21-16-8-10-18(11-9-16)23-12-4-7-19(23)24/h3,5-6,8-11,13,15,21H,4,7,12H2,1-2H3,(H,22,25)/t15-/m1/s1. The van der Waals surface area contributed by atoms with Crippen molar-refractivity contribution in [3.05, 3.63) is 54.1 Å². The van der Waals surface area contributed by atoms with Gasteiger partial charge in [-0.3, -0.25) is 9.59 Å². The molecule has 0 unspecified atom stereocenters. The average Bonchev–Trinajstić information content (AvgIpc) is 3.01. The largest absolute Gasteiger partial charge is 0.374 e. The minimum atomic E-state index is -0.375. The first-order valence-electron chi connectivity index (χ1n) is 8.57. The Balaban J connectivity index is 1.59. The van der Waals surface area contributed by atoms with Gasteiger partial charge in [-0.15, -0.1) is 0 Å². The highest BCUT2D eigenvalue weighted by Crippen LogP contribution is 2.23. The van der Waals surface area contributed by atoms with Gasteiger partial charge in [0.15, 0.2) is 0 Å². The van der Waals surface area contributed by atoms with Crippen LogP contribution in [0, 0.1) is 6.92 Å². The molecule has 25 heavy (non-hydrogen) atoms. The third kappa shape index (κ3) is 4.18. The Kier molecular flexibility index (Phi) is 5.03. The van der Waals surface area contributed by atoms with Crippen molar-refractivity contribution < 1.29 is 9.59 Å². The molecule has 3 rings (SSSR count). The molecule has 5 nitrogen and oxygen atoms in total. The van der Waals surface area contributed by atoms with Gasteiger partial charge < -0.3 is 15.5 Å². The minimum absolute atomic E-state index is 0.0932. The Morgan fingerprint density at radius 2 is 1.88 bits per heavy atom. The Hall–Kier alpha value is -2.82. The maximum absolute atomic E-state index is 12.3. The molecule has 1 heterocycles. The molecule has 2 aromatic rings. The smallest absolute Gasteiger partial charge is 0.246 e. The van der Waals surface area contributed by atoms with Crippen LogP contribution in [0.3, 0.4) is 0 Å². The quantitative estimate of drug-likeness (QED) is 0.877. The molecule has 1 atom stereocenters. The molecule has 1 aliphatic rings. The van der Waals surface area contributed by atoms with Crippen molar-refractivity contribution in [1.82, 2.24) is 0 Å². The fraction of sp³-hybridized carbons (Fsp3) is 0.300. The average molecular weight is 337 g/mol. The van der Waals surface area contributed by atoms with E-state index in [0.29, 0.717) is 6.42 Å². The number of nitrogens with one attached hydrogen (secondary N) is 2. The van der Waals surface area contributed by atoms with Crippen LogP contribution in [-0.4, -0.2) is 24.4 Å². The first-order chi connectivity index (χ1) is 12.0. The molecular weight excluding hydrogens is 314 g/mol. The van der Waals surface area contributed by atoms with E-state index in [2.05, 4.69) is 10.6 Å². The molecule has 0 aromatic heterocycles. The Morgan fingerprint density at radius 1 is 1.12 bits per heavy atom. The molecule has 130 valence electrons. The lowest BCUT2D eigenvalue weighted by Crippen LogP contribution is -2.31. The molecule has 0 spiro atoms. The Bertz CT molecular complexity index is 771. The van der Waals surface area contributed by atoms with Crippen LogP contribution in [-0.2, 0) is 9.59 Å². The highest BCUT2D eigenvalue weighted by molar-refractivity contribution is 5.97. The van der Waals surface area contributed by atoms with Crippen LogP contribution in [0.2, 0.25) is 0 Å². The lowest BCUT2D eigenvalue weighted by Gasteiger charge is -2.18. The van der Waals surface area contributed by atoms with Gasteiger partial charge in [-0.2, -0.15) is 0 Å². The topological polar surface area (TPSA) is 61.4 Å². The van der Waals surface area contributed by atoms with Crippen molar-refractivity contribution in [1.29, 1.82) is 0 Å². The van der Waals surface area contributed by atoms with E-state index in [4.69, 9.17) is 0 Å². The monoisotopic (exact) mass is 337 g/mol. The number of aryl methyl sites for hydroxylation is 1. The van der Waals surface area contributed by atoms with Crippen LogP contribution in [0.25, 0.3) is 0 Å². The van der Waals surface area contributed by atoms with Crippen LogP contribution in [0.4, 0.5) is 17.1 Å². The zero-order valence-electron chi connectivity index (χ0n) is 14.6. The highest BCUT2D eigenvalue weighted by Gasteiger charge is 2.21. The van der Waals surface area contributed by atoms with E-state index < -0.39 is 0 Å². The highest BCUT2D eigenvalue weighted by atomic mass is 16.2. The van der Waals surface area contributed by atoms with E-state index in [1.54, 1.807) is 4.90 Å². The van der Waals surface area contributed by atoms with E-state index in [0.717, 1.165) is 35.6 Å². The van der Waals surface area contributed by atoms with Gasteiger partial charge in [-0.25, -0.2) is 0 Å². The lowest BCUT2D eigenvalue weighted by atomic mass is 10.2. The van der Waals surface area contributed by atoms with Crippen molar-refractivity contribution in [2.75, 3.05) is 22.1 Å². The van der Waals surface area contributed by atoms with Crippen LogP contribution in [0.5, 0.6) is 0 Å². The molecule has 2 N–H and O–H groups in total. The molecule has 1 aliphatic heterocycles. The summed E-state index contributed by atoms with van der Waals surface area (Å²) in [6.07, 6.45) is 1.53. The van der Waals surface area contributed by atoms with Gasteiger partial charge >= 0.3 is 0 Å². The number of benzene rings is 2. The minimum Gasteiger partial charge on any atom is -0.374 e. The predicted octanol–water partition coefficient (Wildman–Crippen LogP) is 3.56.